The standard InChI is InChI=1S/C26H29FN2O5/c1-31-23-12-19(13-24(32-2)25(23)33-3)22-14-21(28-34-22)16-29(26(30)18-6-4-5-7-18)15-17-8-10-20(27)11-9-17/h8-14,18H,4-7,15-16H2,1-3H3. The van der Waals surface area contributed by atoms with E-state index in [0.717, 1.165) is 31.2 Å². The lowest BCUT2D eigenvalue weighted by molar-refractivity contribution is -0.136. The second-order valence-corrected chi connectivity index (χ2v) is 8.40. The first-order chi connectivity index (χ1) is 16.5. The van der Waals surface area contributed by atoms with Gasteiger partial charge in [-0.15, -0.1) is 0 Å². The summed E-state index contributed by atoms with van der Waals surface area (Å²) in [6.45, 7) is 0.669. The highest BCUT2D eigenvalue weighted by Gasteiger charge is 2.28. The van der Waals surface area contributed by atoms with Gasteiger partial charge in [0.2, 0.25) is 11.7 Å². The largest absolute Gasteiger partial charge is 0.493 e. The fraction of sp³-hybridized carbons (Fsp3) is 0.385. The van der Waals surface area contributed by atoms with E-state index in [1.807, 2.05) is 0 Å². The van der Waals surface area contributed by atoms with Crippen molar-refractivity contribution in [3.05, 3.63) is 59.5 Å². The van der Waals surface area contributed by atoms with Crippen LogP contribution in [0.2, 0.25) is 0 Å². The minimum absolute atomic E-state index is 0.0157. The molecular weight excluding hydrogens is 439 g/mol. The number of carbonyl (C=O) groups is 1. The van der Waals surface area contributed by atoms with Crippen LogP contribution in [0.1, 0.15) is 36.9 Å². The van der Waals surface area contributed by atoms with E-state index in [4.69, 9.17) is 18.7 Å². The van der Waals surface area contributed by atoms with Gasteiger partial charge in [-0.2, -0.15) is 0 Å². The molecule has 1 aliphatic carbocycles. The summed E-state index contributed by atoms with van der Waals surface area (Å²) in [5.74, 6) is 1.82. The smallest absolute Gasteiger partial charge is 0.226 e. The third-order valence-electron chi connectivity index (χ3n) is 6.16. The van der Waals surface area contributed by atoms with Crippen LogP contribution < -0.4 is 14.2 Å². The van der Waals surface area contributed by atoms with E-state index in [1.165, 1.54) is 12.1 Å². The monoisotopic (exact) mass is 468 g/mol. The number of benzene rings is 2. The lowest BCUT2D eigenvalue weighted by atomic mass is 10.1. The van der Waals surface area contributed by atoms with E-state index in [-0.39, 0.29) is 17.6 Å². The molecule has 1 aliphatic rings. The second-order valence-electron chi connectivity index (χ2n) is 8.40. The predicted molar refractivity (Wildman–Crippen MR) is 124 cm³/mol. The summed E-state index contributed by atoms with van der Waals surface area (Å²) >= 11 is 0. The number of carbonyl (C=O) groups excluding carboxylic acids is 1. The zero-order chi connectivity index (χ0) is 24.1. The van der Waals surface area contributed by atoms with Crippen LogP contribution in [0.5, 0.6) is 17.2 Å². The Balaban J connectivity index is 1.58. The summed E-state index contributed by atoms with van der Waals surface area (Å²) in [6.07, 6.45) is 3.93. The summed E-state index contributed by atoms with van der Waals surface area (Å²) < 4.78 is 35.2. The molecule has 1 saturated carbocycles. The molecular formula is C26H29FN2O5. The first kappa shape index (κ1) is 23.6. The summed E-state index contributed by atoms with van der Waals surface area (Å²) in [4.78, 5) is 15.1. The Hall–Kier alpha value is -3.55. The van der Waals surface area contributed by atoms with Crippen molar-refractivity contribution in [2.75, 3.05) is 21.3 Å². The number of hydrogen-bond acceptors (Lipinski definition) is 6. The second kappa shape index (κ2) is 10.6. The molecule has 1 fully saturated rings. The molecule has 180 valence electrons. The summed E-state index contributed by atoms with van der Waals surface area (Å²) in [5.41, 5.74) is 2.19. The third-order valence-corrected chi connectivity index (χ3v) is 6.16. The molecule has 4 rings (SSSR count). The number of amides is 1. The zero-order valence-electron chi connectivity index (χ0n) is 19.7. The van der Waals surface area contributed by atoms with Crippen molar-refractivity contribution in [2.45, 2.75) is 38.8 Å². The SMILES string of the molecule is COc1cc(-c2cc(CN(Cc3ccc(F)cc3)C(=O)C3CCCC3)no2)cc(OC)c1OC. The molecule has 0 atom stereocenters. The lowest BCUT2D eigenvalue weighted by Gasteiger charge is -2.25. The molecule has 3 aromatic rings. The molecule has 8 heteroatoms. The molecule has 0 N–H and O–H groups in total. The third kappa shape index (κ3) is 5.16. The highest BCUT2D eigenvalue weighted by Crippen LogP contribution is 2.41. The van der Waals surface area contributed by atoms with Gasteiger partial charge in [0, 0.05) is 24.1 Å². The van der Waals surface area contributed by atoms with Gasteiger partial charge in [0.1, 0.15) is 11.5 Å². The first-order valence-electron chi connectivity index (χ1n) is 11.3. The summed E-state index contributed by atoms with van der Waals surface area (Å²) in [5, 5.41) is 4.21. The minimum atomic E-state index is -0.302. The highest BCUT2D eigenvalue weighted by atomic mass is 19.1. The predicted octanol–water partition coefficient (Wildman–Crippen LogP) is 5.23. The Morgan fingerprint density at radius 3 is 2.24 bits per heavy atom. The molecule has 0 unspecified atom stereocenters. The van der Waals surface area contributed by atoms with Crippen LogP contribution in [-0.4, -0.2) is 37.3 Å². The Morgan fingerprint density at radius 1 is 1.00 bits per heavy atom. The van der Waals surface area contributed by atoms with Crippen molar-refractivity contribution in [3.8, 4) is 28.6 Å². The van der Waals surface area contributed by atoms with Gasteiger partial charge in [-0.05, 0) is 42.7 Å². The average molecular weight is 469 g/mol. The molecule has 0 spiro atoms. The van der Waals surface area contributed by atoms with Crippen LogP contribution in [0.4, 0.5) is 4.39 Å². The quantitative estimate of drug-likeness (QED) is 0.428. The molecule has 0 radical (unpaired) electrons. The summed E-state index contributed by atoms with van der Waals surface area (Å²) in [7, 11) is 4.65. The van der Waals surface area contributed by atoms with E-state index < -0.39 is 0 Å². The Morgan fingerprint density at radius 2 is 1.65 bits per heavy atom. The first-order valence-corrected chi connectivity index (χ1v) is 11.3. The van der Waals surface area contributed by atoms with Gasteiger partial charge in [-0.3, -0.25) is 4.79 Å². The van der Waals surface area contributed by atoms with Crippen LogP contribution in [0.25, 0.3) is 11.3 Å². The molecule has 1 aromatic heterocycles. The van der Waals surface area contributed by atoms with Crippen LogP contribution in [0.15, 0.2) is 47.0 Å². The number of methoxy groups -OCH3 is 3. The molecule has 34 heavy (non-hydrogen) atoms. The van der Waals surface area contributed by atoms with Crippen molar-refractivity contribution < 1.29 is 27.9 Å². The van der Waals surface area contributed by atoms with E-state index >= 15 is 0 Å². The molecule has 2 aromatic carbocycles. The van der Waals surface area contributed by atoms with Gasteiger partial charge in [0.25, 0.3) is 0 Å². The van der Waals surface area contributed by atoms with Gasteiger partial charge in [-0.1, -0.05) is 30.1 Å². The fourth-order valence-corrected chi connectivity index (χ4v) is 4.39. The lowest BCUT2D eigenvalue weighted by Crippen LogP contribution is -2.34. The number of halogens is 1. The maximum absolute atomic E-state index is 13.4. The zero-order valence-corrected chi connectivity index (χ0v) is 19.7. The van der Waals surface area contributed by atoms with Crippen molar-refractivity contribution in [3.63, 3.8) is 0 Å². The van der Waals surface area contributed by atoms with Crippen LogP contribution >= 0.6 is 0 Å². The van der Waals surface area contributed by atoms with Crippen LogP contribution in [0, 0.1) is 11.7 Å². The van der Waals surface area contributed by atoms with Crippen molar-refractivity contribution in [2.24, 2.45) is 5.92 Å². The van der Waals surface area contributed by atoms with Gasteiger partial charge in [-0.25, -0.2) is 4.39 Å². The molecule has 0 bridgehead atoms. The van der Waals surface area contributed by atoms with Crippen molar-refractivity contribution in [1.82, 2.24) is 10.1 Å². The fourth-order valence-electron chi connectivity index (χ4n) is 4.39. The Bertz CT molecular complexity index is 1100. The van der Waals surface area contributed by atoms with E-state index in [2.05, 4.69) is 5.16 Å². The average Bonchev–Trinajstić information content (AvgIpc) is 3.56. The maximum atomic E-state index is 13.4. The van der Waals surface area contributed by atoms with E-state index in [1.54, 1.807) is 56.6 Å². The molecule has 1 amide bonds. The molecule has 0 saturated heterocycles. The minimum Gasteiger partial charge on any atom is -0.493 e. The van der Waals surface area contributed by atoms with Crippen molar-refractivity contribution in [1.29, 1.82) is 0 Å². The number of aromatic nitrogens is 1. The Kier molecular flexibility index (Phi) is 7.35. The van der Waals surface area contributed by atoms with Gasteiger partial charge in [0.05, 0.1) is 27.9 Å². The normalized spacial score (nSPS) is 13.6. The summed E-state index contributed by atoms with van der Waals surface area (Å²) in [6, 6.07) is 11.6. The van der Waals surface area contributed by atoms with Gasteiger partial charge < -0.3 is 23.6 Å². The number of ether oxygens (including phenoxy) is 3. The van der Waals surface area contributed by atoms with Crippen LogP contribution in [-0.2, 0) is 17.9 Å². The van der Waals surface area contributed by atoms with Crippen molar-refractivity contribution >= 4 is 5.91 Å². The molecule has 1 heterocycles. The topological polar surface area (TPSA) is 74.0 Å². The Labute approximate surface area is 198 Å². The number of hydrogen-bond donors (Lipinski definition) is 0. The van der Waals surface area contributed by atoms with E-state index in [9.17, 15) is 9.18 Å². The maximum Gasteiger partial charge on any atom is 0.226 e. The van der Waals surface area contributed by atoms with Gasteiger partial charge in [0.15, 0.2) is 17.3 Å². The highest BCUT2D eigenvalue weighted by molar-refractivity contribution is 5.79. The number of rotatable bonds is 9. The number of nitrogens with zero attached hydrogens (tertiary/aromatic N) is 2. The van der Waals surface area contributed by atoms with Gasteiger partial charge >= 0.3 is 0 Å². The van der Waals surface area contributed by atoms with Crippen LogP contribution in [0.3, 0.4) is 0 Å². The molecule has 7 nitrogen and oxygen atoms in total. The molecule has 0 aliphatic heterocycles. The van der Waals surface area contributed by atoms with E-state index in [0.29, 0.717) is 47.4 Å².